The van der Waals surface area contributed by atoms with E-state index in [1.54, 1.807) is 24.5 Å². The van der Waals surface area contributed by atoms with Gasteiger partial charge in [0.25, 0.3) is 5.91 Å². The second-order valence-corrected chi connectivity index (χ2v) is 4.51. The van der Waals surface area contributed by atoms with Gasteiger partial charge in [-0.25, -0.2) is 9.97 Å². The van der Waals surface area contributed by atoms with Crippen LogP contribution < -0.4 is 10.1 Å². The molecule has 0 aliphatic heterocycles. The number of ether oxygens (including phenoxy) is 1. The van der Waals surface area contributed by atoms with Crippen LogP contribution in [0.15, 0.2) is 36.7 Å². The molecule has 0 unspecified atom stereocenters. The summed E-state index contributed by atoms with van der Waals surface area (Å²) in [6.45, 7) is 4.63. The van der Waals surface area contributed by atoms with Crippen LogP contribution in [0.4, 0.5) is 0 Å². The first-order valence-corrected chi connectivity index (χ1v) is 6.41. The Morgan fingerprint density at radius 1 is 1.10 bits per heavy atom. The Labute approximate surface area is 118 Å². The highest BCUT2D eigenvalue weighted by Gasteiger charge is 2.04. The van der Waals surface area contributed by atoms with E-state index < -0.39 is 0 Å². The molecule has 0 radical (unpaired) electrons. The van der Waals surface area contributed by atoms with Crippen LogP contribution in [0.2, 0.25) is 0 Å². The second-order valence-electron chi connectivity index (χ2n) is 4.51. The molecule has 0 saturated carbocycles. The number of rotatable bonds is 5. The zero-order valence-corrected chi connectivity index (χ0v) is 11.6. The molecule has 5 nitrogen and oxygen atoms in total. The van der Waals surface area contributed by atoms with Gasteiger partial charge in [0.2, 0.25) is 0 Å². The molecule has 1 amide bonds. The summed E-state index contributed by atoms with van der Waals surface area (Å²) in [6, 6.07) is 7.74. The van der Waals surface area contributed by atoms with Gasteiger partial charge >= 0.3 is 6.01 Å². The lowest BCUT2D eigenvalue weighted by Gasteiger charge is -2.06. The van der Waals surface area contributed by atoms with Crippen LogP contribution in [-0.2, 0) is 0 Å². The summed E-state index contributed by atoms with van der Waals surface area (Å²) in [5.41, 5.74) is 2.74. The summed E-state index contributed by atoms with van der Waals surface area (Å²) in [6.07, 6.45) is 3.38. The van der Waals surface area contributed by atoms with E-state index in [0.717, 1.165) is 11.1 Å². The van der Waals surface area contributed by atoms with E-state index in [0.29, 0.717) is 24.7 Å². The minimum atomic E-state index is -0.113. The van der Waals surface area contributed by atoms with E-state index in [1.807, 2.05) is 26.0 Å². The van der Waals surface area contributed by atoms with Crippen molar-refractivity contribution in [2.24, 2.45) is 0 Å². The van der Waals surface area contributed by atoms with Gasteiger partial charge in [-0.2, -0.15) is 0 Å². The van der Waals surface area contributed by atoms with E-state index in [9.17, 15) is 4.79 Å². The number of hydrogen-bond donors (Lipinski definition) is 1. The first-order chi connectivity index (χ1) is 9.65. The molecule has 0 saturated heterocycles. The highest BCUT2D eigenvalue weighted by Crippen LogP contribution is 2.03. The van der Waals surface area contributed by atoms with Crippen molar-refractivity contribution in [3.63, 3.8) is 0 Å². The average molecular weight is 271 g/mol. The van der Waals surface area contributed by atoms with Crippen molar-refractivity contribution in [1.29, 1.82) is 0 Å². The third-order valence-electron chi connectivity index (χ3n) is 2.69. The molecule has 1 heterocycles. The highest BCUT2D eigenvalue weighted by atomic mass is 16.5. The summed E-state index contributed by atoms with van der Waals surface area (Å²) < 4.78 is 5.33. The van der Waals surface area contributed by atoms with Gasteiger partial charge in [0, 0.05) is 18.0 Å². The largest absolute Gasteiger partial charge is 0.462 e. The van der Waals surface area contributed by atoms with Gasteiger partial charge in [-0.15, -0.1) is 0 Å². The maximum absolute atomic E-state index is 11.8. The van der Waals surface area contributed by atoms with Gasteiger partial charge < -0.3 is 10.1 Å². The van der Waals surface area contributed by atoms with Crippen LogP contribution in [0.1, 0.15) is 21.5 Å². The Kier molecular flexibility index (Phi) is 4.65. The fourth-order valence-corrected chi connectivity index (χ4v) is 1.57. The monoisotopic (exact) mass is 271 g/mol. The molecule has 5 heteroatoms. The molecule has 0 aliphatic rings. The minimum absolute atomic E-state index is 0.113. The van der Waals surface area contributed by atoms with E-state index in [4.69, 9.17) is 4.74 Å². The summed E-state index contributed by atoms with van der Waals surface area (Å²) in [4.78, 5) is 19.8. The van der Waals surface area contributed by atoms with E-state index in [2.05, 4.69) is 15.3 Å². The fourth-order valence-electron chi connectivity index (χ4n) is 1.57. The number of aryl methyl sites for hydroxylation is 2. The SMILES string of the molecule is Cc1ccc(C(=O)NCCOc2ncc(C)cn2)cc1. The van der Waals surface area contributed by atoms with Gasteiger partial charge in [0.05, 0.1) is 6.54 Å². The second kappa shape index (κ2) is 6.65. The lowest BCUT2D eigenvalue weighted by atomic mass is 10.1. The molecular weight excluding hydrogens is 254 g/mol. The third kappa shape index (κ3) is 4.05. The molecule has 20 heavy (non-hydrogen) atoms. The van der Waals surface area contributed by atoms with Crippen LogP contribution >= 0.6 is 0 Å². The number of nitrogens with one attached hydrogen (secondary N) is 1. The van der Waals surface area contributed by atoms with Crippen molar-refractivity contribution in [1.82, 2.24) is 15.3 Å². The first kappa shape index (κ1) is 14.0. The third-order valence-corrected chi connectivity index (χ3v) is 2.69. The maximum atomic E-state index is 11.8. The summed E-state index contributed by atoms with van der Waals surface area (Å²) in [7, 11) is 0. The summed E-state index contributed by atoms with van der Waals surface area (Å²) in [5.74, 6) is -0.113. The Morgan fingerprint density at radius 3 is 2.40 bits per heavy atom. The van der Waals surface area contributed by atoms with E-state index in [1.165, 1.54) is 0 Å². The molecule has 104 valence electrons. The zero-order chi connectivity index (χ0) is 14.4. The molecule has 1 aromatic heterocycles. The van der Waals surface area contributed by atoms with Crippen LogP contribution in [0.25, 0.3) is 0 Å². The maximum Gasteiger partial charge on any atom is 0.316 e. The lowest BCUT2D eigenvalue weighted by molar-refractivity contribution is 0.0946. The molecule has 0 aliphatic carbocycles. The molecule has 0 spiro atoms. The minimum Gasteiger partial charge on any atom is -0.462 e. The van der Waals surface area contributed by atoms with Crippen molar-refractivity contribution < 1.29 is 9.53 Å². The van der Waals surface area contributed by atoms with Crippen molar-refractivity contribution >= 4 is 5.91 Å². The number of benzene rings is 1. The van der Waals surface area contributed by atoms with Gasteiger partial charge in [-0.1, -0.05) is 17.7 Å². The first-order valence-electron chi connectivity index (χ1n) is 6.41. The van der Waals surface area contributed by atoms with E-state index in [-0.39, 0.29) is 5.91 Å². The molecule has 2 rings (SSSR count). The van der Waals surface area contributed by atoms with Gasteiger partial charge in [0.15, 0.2) is 0 Å². The summed E-state index contributed by atoms with van der Waals surface area (Å²) in [5, 5.41) is 2.78. The fraction of sp³-hybridized carbons (Fsp3) is 0.267. The number of carbonyl (C=O) groups excluding carboxylic acids is 1. The Balaban J connectivity index is 1.74. The lowest BCUT2D eigenvalue weighted by Crippen LogP contribution is -2.28. The normalized spacial score (nSPS) is 10.1. The number of aromatic nitrogens is 2. The van der Waals surface area contributed by atoms with Crippen molar-refractivity contribution in [2.45, 2.75) is 13.8 Å². The van der Waals surface area contributed by atoms with Crippen LogP contribution in [0.5, 0.6) is 6.01 Å². The summed E-state index contributed by atoms with van der Waals surface area (Å²) >= 11 is 0. The standard InChI is InChI=1S/C15H17N3O2/c1-11-3-5-13(6-4-11)14(19)16-7-8-20-15-17-9-12(2)10-18-15/h3-6,9-10H,7-8H2,1-2H3,(H,16,19). The number of hydrogen-bond acceptors (Lipinski definition) is 4. The molecule has 0 bridgehead atoms. The van der Waals surface area contributed by atoms with Gasteiger partial charge in [-0.3, -0.25) is 4.79 Å². The van der Waals surface area contributed by atoms with Crippen LogP contribution in [-0.4, -0.2) is 29.0 Å². The molecule has 0 atom stereocenters. The Hall–Kier alpha value is -2.43. The Bertz CT molecular complexity index is 565. The van der Waals surface area contributed by atoms with Gasteiger partial charge in [0.1, 0.15) is 6.61 Å². The highest BCUT2D eigenvalue weighted by molar-refractivity contribution is 5.94. The molecule has 1 aromatic carbocycles. The van der Waals surface area contributed by atoms with E-state index >= 15 is 0 Å². The average Bonchev–Trinajstić information content (AvgIpc) is 2.46. The van der Waals surface area contributed by atoms with Crippen LogP contribution in [0, 0.1) is 13.8 Å². The molecule has 0 fully saturated rings. The molecule has 1 N–H and O–H groups in total. The predicted octanol–water partition coefficient (Wildman–Crippen LogP) is 1.90. The topological polar surface area (TPSA) is 64.1 Å². The predicted molar refractivity (Wildman–Crippen MR) is 75.8 cm³/mol. The number of amides is 1. The zero-order valence-electron chi connectivity index (χ0n) is 11.6. The quantitative estimate of drug-likeness (QED) is 0.844. The molecule has 2 aromatic rings. The van der Waals surface area contributed by atoms with Crippen LogP contribution in [0.3, 0.4) is 0 Å². The van der Waals surface area contributed by atoms with Crippen molar-refractivity contribution in [3.05, 3.63) is 53.3 Å². The van der Waals surface area contributed by atoms with Crippen molar-refractivity contribution in [3.8, 4) is 6.01 Å². The number of carbonyl (C=O) groups is 1. The van der Waals surface area contributed by atoms with Gasteiger partial charge in [-0.05, 0) is 31.5 Å². The number of nitrogens with zero attached hydrogens (tertiary/aromatic N) is 2. The van der Waals surface area contributed by atoms with Crippen molar-refractivity contribution in [2.75, 3.05) is 13.2 Å². The molecular formula is C15H17N3O2. The smallest absolute Gasteiger partial charge is 0.316 e. The Morgan fingerprint density at radius 2 is 1.75 bits per heavy atom.